The summed E-state index contributed by atoms with van der Waals surface area (Å²) in [6.07, 6.45) is 5.20. The predicted molar refractivity (Wildman–Crippen MR) is 69.5 cm³/mol. The van der Waals surface area contributed by atoms with Gasteiger partial charge >= 0.3 is 0 Å². The van der Waals surface area contributed by atoms with Gasteiger partial charge in [-0.3, -0.25) is 0 Å². The van der Waals surface area contributed by atoms with Crippen molar-refractivity contribution in [1.29, 1.82) is 5.26 Å². The highest BCUT2D eigenvalue weighted by Gasteiger charge is 2.27. The monoisotopic (exact) mass is 238 g/mol. The smallest absolute Gasteiger partial charge is 0.0746 e. The van der Waals surface area contributed by atoms with E-state index in [-0.39, 0.29) is 5.41 Å². The average Bonchev–Trinajstić information content (AvgIpc) is 2.23. The quantitative estimate of drug-likeness (QED) is 0.749. The van der Waals surface area contributed by atoms with E-state index in [2.05, 4.69) is 11.0 Å². The van der Waals surface area contributed by atoms with Crippen LogP contribution < -0.4 is 0 Å². The summed E-state index contributed by atoms with van der Waals surface area (Å²) in [5.74, 6) is 0. The molecular weight excluding hydrogens is 212 g/mol. The van der Waals surface area contributed by atoms with E-state index in [4.69, 9.17) is 5.26 Å². The van der Waals surface area contributed by atoms with Crippen LogP contribution in [-0.2, 0) is 0 Å². The fraction of sp³-hybridized carbons (Fsp3) is 0.929. The maximum Gasteiger partial charge on any atom is 0.0746 e. The summed E-state index contributed by atoms with van der Waals surface area (Å²) < 4.78 is 0. The molecule has 3 nitrogen and oxygen atoms in total. The Morgan fingerprint density at radius 2 is 2.12 bits per heavy atom. The number of rotatable bonds is 5. The molecule has 0 aromatic rings. The van der Waals surface area contributed by atoms with Crippen molar-refractivity contribution in [3.8, 4) is 6.07 Å². The molecule has 17 heavy (non-hydrogen) atoms. The van der Waals surface area contributed by atoms with E-state index in [0.29, 0.717) is 0 Å². The normalized spacial score (nSPS) is 26.8. The van der Waals surface area contributed by atoms with Crippen LogP contribution in [-0.4, -0.2) is 35.2 Å². The highest BCUT2D eigenvalue weighted by Crippen LogP contribution is 2.23. The fourth-order valence-corrected chi connectivity index (χ4v) is 2.47. The molecule has 0 radical (unpaired) electrons. The molecule has 0 amide bonds. The van der Waals surface area contributed by atoms with E-state index < -0.39 is 5.60 Å². The molecule has 1 aliphatic rings. The lowest BCUT2D eigenvalue weighted by Gasteiger charge is -2.36. The molecule has 0 aliphatic carbocycles. The third-order valence-electron chi connectivity index (χ3n) is 3.58. The van der Waals surface area contributed by atoms with Crippen molar-refractivity contribution in [3.63, 3.8) is 0 Å². The molecule has 1 rings (SSSR count). The Labute approximate surface area is 105 Å². The van der Waals surface area contributed by atoms with Gasteiger partial charge in [0.1, 0.15) is 0 Å². The second-order valence-electron chi connectivity index (χ2n) is 6.33. The minimum Gasteiger partial charge on any atom is -0.389 e. The Balaban J connectivity index is 2.17. The molecule has 1 N–H and O–H groups in total. The van der Waals surface area contributed by atoms with Gasteiger partial charge < -0.3 is 10.0 Å². The van der Waals surface area contributed by atoms with Gasteiger partial charge in [-0.25, -0.2) is 0 Å². The Morgan fingerprint density at radius 1 is 1.41 bits per heavy atom. The first-order valence-corrected chi connectivity index (χ1v) is 6.71. The van der Waals surface area contributed by atoms with Crippen LogP contribution in [0, 0.1) is 16.7 Å². The Kier molecular flexibility index (Phi) is 4.97. The van der Waals surface area contributed by atoms with Gasteiger partial charge in [0.25, 0.3) is 0 Å². The number of hydrogen-bond donors (Lipinski definition) is 1. The Bertz CT molecular complexity index is 278. The second-order valence-corrected chi connectivity index (χ2v) is 6.33. The van der Waals surface area contributed by atoms with Crippen molar-refractivity contribution >= 4 is 0 Å². The first-order chi connectivity index (χ1) is 7.85. The number of piperidine rings is 1. The molecule has 1 fully saturated rings. The van der Waals surface area contributed by atoms with Crippen molar-refractivity contribution in [1.82, 2.24) is 4.90 Å². The van der Waals surface area contributed by atoms with Crippen LogP contribution in [0.4, 0.5) is 0 Å². The SMILES string of the molecule is CC(C)(C#N)CCCCN1CCCC(C)(O)C1. The van der Waals surface area contributed by atoms with Crippen molar-refractivity contribution in [2.45, 2.75) is 58.5 Å². The molecule has 0 aromatic heterocycles. The Morgan fingerprint density at radius 3 is 2.71 bits per heavy atom. The number of aliphatic hydroxyl groups is 1. The minimum atomic E-state index is -0.496. The molecule has 1 saturated heterocycles. The molecule has 98 valence electrons. The average molecular weight is 238 g/mol. The molecule has 1 aliphatic heterocycles. The number of β-amino-alcohol motifs (C(OH)–C–C–N with tert-alkyl or cyclic N) is 1. The standard InChI is InChI=1S/C14H26N2O/c1-13(2,11-15)7-4-5-9-16-10-6-8-14(3,17)12-16/h17H,4-10,12H2,1-3H3. The van der Waals surface area contributed by atoms with Crippen LogP contribution in [0.3, 0.4) is 0 Å². The summed E-state index contributed by atoms with van der Waals surface area (Å²) in [5, 5.41) is 18.9. The number of likely N-dealkylation sites (tertiary alicyclic amines) is 1. The second kappa shape index (κ2) is 5.84. The zero-order valence-electron chi connectivity index (χ0n) is 11.5. The van der Waals surface area contributed by atoms with Gasteiger partial charge in [0.05, 0.1) is 17.1 Å². The first kappa shape index (κ1) is 14.5. The van der Waals surface area contributed by atoms with E-state index in [1.165, 1.54) is 0 Å². The number of nitrogens with zero attached hydrogens (tertiary/aromatic N) is 2. The predicted octanol–water partition coefficient (Wildman–Crippen LogP) is 2.55. The highest BCUT2D eigenvalue weighted by molar-refractivity contribution is 4.91. The summed E-state index contributed by atoms with van der Waals surface area (Å²) in [5.41, 5.74) is -0.683. The zero-order chi connectivity index (χ0) is 12.9. The van der Waals surface area contributed by atoms with Crippen LogP contribution >= 0.6 is 0 Å². The van der Waals surface area contributed by atoms with Gasteiger partial charge in [-0.2, -0.15) is 5.26 Å². The molecular formula is C14H26N2O. The fourth-order valence-electron chi connectivity index (χ4n) is 2.47. The van der Waals surface area contributed by atoms with Gasteiger partial charge in [-0.05, 0) is 59.5 Å². The van der Waals surface area contributed by atoms with Gasteiger partial charge in [0.15, 0.2) is 0 Å². The third-order valence-corrected chi connectivity index (χ3v) is 3.58. The van der Waals surface area contributed by atoms with E-state index >= 15 is 0 Å². The van der Waals surface area contributed by atoms with Crippen LogP contribution in [0.5, 0.6) is 0 Å². The van der Waals surface area contributed by atoms with Crippen LogP contribution in [0.2, 0.25) is 0 Å². The summed E-state index contributed by atoms with van der Waals surface area (Å²) in [7, 11) is 0. The highest BCUT2D eigenvalue weighted by atomic mass is 16.3. The lowest BCUT2D eigenvalue weighted by molar-refractivity contribution is -0.0159. The number of unbranched alkanes of at least 4 members (excludes halogenated alkanes) is 1. The molecule has 1 heterocycles. The van der Waals surface area contributed by atoms with Crippen molar-refractivity contribution in [3.05, 3.63) is 0 Å². The lowest BCUT2D eigenvalue weighted by Crippen LogP contribution is -2.46. The summed E-state index contributed by atoms with van der Waals surface area (Å²) >= 11 is 0. The van der Waals surface area contributed by atoms with E-state index in [9.17, 15) is 5.11 Å². The molecule has 0 bridgehead atoms. The van der Waals surface area contributed by atoms with E-state index in [1.807, 2.05) is 20.8 Å². The largest absolute Gasteiger partial charge is 0.389 e. The van der Waals surface area contributed by atoms with Crippen molar-refractivity contribution < 1.29 is 5.11 Å². The Hall–Kier alpha value is -0.590. The number of nitriles is 1. The van der Waals surface area contributed by atoms with E-state index in [1.54, 1.807) is 0 Å². The maximum absolute atomic E-state index is 9.98. The summed E-state index contributed by atoms with van der Waals surface area (Å²) in [6, 6.07) is 2.34. The van der Waals surface area contributed by atoms with Gasteiger partial charge in [-0.1, -0.05) is 6.42 Å². The maximum atomic E-state index is 9.98. The van der Waals surface area contributed by atoms with Crippen LogP contribution in [0.25, 0.3) is 0 Å². The first-order valence-electron chi connectivity index (χ1n) is 6.71. The summed E-state index contributed by atoms with van der Waals surface area (Å²) in [4.78, 5) is 2.35. The molecule has 1 atom stereocenters. The molecule has 0 spiro atoms. The third kappa shape index (κ3) is 5.52. The van der Waals surface area contributed by atoms with Gasteiger partial charge in [-0.15, -0.1) is 0 Å². The molecule has 3 heteroatoms. The van der Waals surface area contributed by atoms with Crippen molar-refractivity contribution in [2.75, 3.05) is 19.6 Å². The zero-order valence-corrected chi connectivity index (χ0v) is 11.5. The minimum absolute atomic E-state index is 0.187. The summed E-state index contributed by atoms with van der Waals surface area (Å²) in [6.45, 7) is 8.89. The molecule has 1 unspecified atom stereocenters. The van der Waals surface area contributed by atoms with Gasteiger partial charge in [0, 0.05) is 6.54 Å². The van der Waals surface area contributed by atoms with Crippen molar-refractivity contribution in [2.24, 2.45) is 5.41 Å². The van der Waals surface area contributed by atoms with E-state index in [0.717, 1.165) is 51.7 Å². The molecule has 0 saturated carbocycles. The van der Waals surface area contributed by atoms with Crippen LogP contribution in [0.1, 0.15) is 52.9 Å². The lowest BCUT2D eigenvalue weighted by atomic mass is 9.89. The molecule has 0 aromatic carbocycles. The topological polar surface area (TPSA) is 47.3 Å². The van der Waals surface area contributed by atoms with Gasteiger partial charge in [0.2, 0.25) is 0 Å². The van der Waals surface area contributed by atoms with Crippen LogP contribution in [0.15, 0.2) is 0 Å². The number of hydrogen-bond acceptors (Lipinski definition) is 3.